The topological polar surface area (TPSA) is 86.3 Å². The van der Waals surface area contributed by atoms with Crippen molar-refractivity contribution in [2.24, 2.45) is 11.3 Å². The predicted octanol–water partition coefficient (Wildman–Crippen LogP) is 2.54. The van der Waals surface area contributed by atoms with Crippen molar-refractivity contribution in [2.75, 3.05) is 13.1 Å². The van der Waals surface area contributed by atoms with Crippen molar-refractivity contribution in [3.8, 4) is 11.3 Å². The van der Waals surface area contributed by atoms with Crippen molar-refractivity contribution in [3.63, 3.8) is 0 Å². The standard InChI is InChI=1S/C18H18FN3O3/c19-12-3-1-11(2-4-12)15-13(10-20-21-15)16(23)22-7-5-18(6-8-22)9-14(18)17(24)25/h1-4,10,14H,5-9H2,(H,20,21)(H,24,25)/t14-/m0/s1. The summed E-state index contributed by atoms with van der Waals surface area (Å²) in [6.07, 6.45) is 3.65. The van der Waals surface area contributed by atoms with Crippen LogP contribution in [0.15, 0.2) is 30.5 Å². The highest BCUT2D eigenvalue weighted by Gasteiger charge is 2.59. The monoisotopic (exact) mass is 343 g/mol. The molecule has 2 aliphatic rings. The molecule has 1 amide bonds. The van der Waals surface area contributed by atoms with Crippen molar-refractivity contribution in [1.29, 1.82) is 0 Å². The highest BCUT2D eigenvalue weighted by atomic mass is 19.1. The van der Waals surface area contributed by atoms with Crippen molar-refractivity contribution in [1.82, 2.24) is 15.1 Å². The summed E-state index contributed by atoms with van der Waals surface area (Å²) in [7, 11) is 0. The van der Waals surface area contributed by atoms with Crippen molar-refractivity contribution >= 4 is 11.9 Å². The first-order valence-corrected chi connectivity index (χ1v) is 8.32. The molecule has 2 N–H and O–H groups in total. The highest BCUT2D eigenvalue weighted by molar-refractivity contribution is 5.99. The second-order valence-corrected chi connectivity index (χ2v) is 6.92. The normalized spacial score (nSPS) is 21.3. The number of rotatable bonds is 3. The Hall–Kier alpha value is -2.70. The van der Waals surface area contributed by atoms with Gasteiger partial charge < -0.3 is 10.0 Å². The number of carbonyl (C=O) groups excluding carboxylic acids is 1. The highest BCUT2D eigenvalue weighted by Crippen LogP contribution is 2.59. The summed E-state index contributed by atoms with van der Waals surface area (Å²) in [6, 6.07) is 5.89. The van der Waals surface area contributed by atoms with Crippen molar-refractivity contribution in [3.05, 3.63) is 41.8 Å². The van der Waals surface area contributed by atoms with E-state index in [9.17, 15) is 14.0 Å². The van der Waals surface area contributed by atoms with E-state index in [-0.39, 0.29) is 23.1 Å². The van der Waals surface area contributed by atoms with Crippen molar-refractivity contribution in [2.45, 2.75) is 19.3 Å². The summed E-state index contributed by atoms with van der Waals surface area (Å²) in [4.78, 5) is 25.7. The van der Waals surface area contributed by atoms with Gasteiger partial charge in [-0.15, -0.1) is 0 Å². The number of H-pyrrole nitrogens is 1. The van der Waals surface area contributed by atoms with Gasteiger partial charge in [0.15, 0.2) is 0 Å². The molecule has 25 heavy (non-hydrogen) atoms. The number of hydrogen-bond donors (Lipinski definition) is 2. The molecule has 0 bridgehead atoms. The maximum Gasteiger partial charge on any atom is 0.307 e. The summed E-state index contributed by atoms with van der Waals surface area (Å²) in [5, 5.41) is 15.9. The lowest BCUT2D eigenvalue weighted by molar-refractivity contribution is -0.139. The summed E-state index contributed by atoms with van der Waals surface area (Å²) in [5.41, 5.74) is 1.61. The van der Waals surface area contributed by atoms with Crippen LogP contribution in [0.5, 0.6) is 0 Å². The smallest absolute Gasteiger partial charge is 0.307 e. The number of halogens is 1. The molecule has 2 fully saturated rings. The average Bonchev–Trinajstić information content (AvgIpc) is 3.09. The van der Waals surface area contributed by atoms with E-state index in [0.717, 1.165) is 19.3 Å². The van der Waals surface area contributed by atoms with Crippen LogP contribution in [0.4, 0.5) is 4.39 Å². The molecule has 1 aromatic heterocycles. The Bertz CT molecular complexity index is 822. The predicted molar refractivity (Wildman–Crippen MR) is 87.3 cm³/mol. The third kappa shape index (κ3) is 2.69. The minimum atomic E-state index is -0.729. The van der Waals surface area contributed by atoms with Crippen LogP contribution >= 0.6 is 0 Å². The molecule has 0 unspecified atom stereocenters. The second-order valence-electron chi connectivity index (χ2n) is 6.92. The molecule has 4 rings (SSSR count). The molecular formula is C18H18FN3O3. The number of likely N-dealkylation sites (tertiary alicyclic amines) is 1. The number of carbonyl (C=O) groups is 2. The third-order valence-corrected chi connectivity index (χ3v) is 5.54. The van der Waals surface area contributed by atoms with Crippen molar-refractivity contribution < 1.29 is 19.1 Å². The van der Waals surface area contributed by atoms with E-state index in [1.165, 1.54) is 18.3 Å². The van der Waals surface area contributed by atoms with E-state index in [1.807, 2.05) is 0 Å². The van der Waals surface area contributed by atoms with Crippen LogP contribution in [0.25, 0.3) is 11.3 Å². The maximum atomic E-state index is 13.1. The summed E-state index contributed by atoms with van der Waals surface area (Å²) in [5.74, 6) is -1.45. The molecule has 2 heterocycles. The minimum absolute atomic E-state index is 0.112. The molecule has 130 valence electrons. The van der Waals surface area contributed by atoms with Gasteiger partial charge >= 0.3 is 5.97 Å². The molecule has 0 radical (unpaired) electrons. The first-order chi connectivity index (χ1) is 12.0. The van der Waals surface area contributed by atoms with E-state index in [1.54, 1.807) is 17.0 Å². The summed E-state index contributed by atoms with van der Waals surface area (Å²) >= 11 is 0. The number of nitrogens with one attached hydrogen (secondary N) is 1. The van der Waals surface area contributed by atoms with Gasteiger partial charge in [-0.25, -0.2) is 4.39 Å². The molecule has 1 aliphatic carbocycles. The van der Waals surface area contributed by atoms with Crippen LogP contribution in [0, 0.1) is 17.2 Å². The molecule has 2 aromatic rings. The van der Waals surface area contributed by atoms with Gasteiger partial charge in [-0.2, -0.15) is 5.10 Å². The Morgan fingerprint density at radius 3 is 2.52 bits per heavy atom. The Balaban J connectivity index is 1.49. The first kappa shape index (κ1) is 15.8. The fraction of sp³-hybridized carbons (Fsp3) is 0.389. The SMILES string of the molecule is O=C(O)[C@@H]1CC12CCN(C(=O)c1cn[nH]c1-c1ccc(F)cc1)CC2. The fourth-order valence-corrected chi connectivity index (χ4v) is 3.86. The third-order valence-electron chi connectivity index (χ3n) is 5.54. The molecular weight excluding hydrogens is 325 g/mol. The molecule has 6 nitrogen and oxygen atoms in total. The number of carboxylic acid groups (broad SMARTS) is 1. The zero-order valence-corrected chi connectivity index (χ0v) is 13.5. The van der Waals surface area contributed by atoms with Gasteiger partial charge in [0.25, 0.3) is 5.91 Å². The molecule has 1 saturated carbocycles. The zero-order chi connectivity index (χ0) is 17.6. The number of benzene rings is 1. The molecule has 7 heteroatoms. The zero-order valence-electron chi connectivity index (χ0n) is 13.5. The van der Waals surface area contributed by atoms with E-state index in [2.05, 4.69) is 10.2 Å². The van der Waals surface area contributed by atoms with Gasteiger partial charge in [-0.3, -0.25) is 14.7 Å². The van der Waals surface area contributed by atoms with Crippen LogP contribution < -0.4 is 0 Å². The van der Waals surface area contributed by atoms with Gasteiger partial charge in [0.2, 0.25) is 0 Å². The fourth-order valence-electron chi connectivity index (χ4n) is 3.86. The number of hydrogen-bond acceptors (Lipinski definition) is 3. The van der Waals surface area contributed by atoms with Gasteiger partial charge in [-0.05, 0) is 48.9 Å². The Morgan fingerprint density at radius 1 is 1.24 bits per heavy atom. The minimum Gasteiger partial charge on any atom is -0.481 e. The number of nitrogens with zero attached hydrogens (tertiary/aromatic N) is 2. The molecule has 1 aromatic carbocycles. The summed E-state index contributed by atoms with van der Waals surface area (Å²) < 4.78 is 13.1. The largest absolute Gasteiger partial charge is 0.481 e. The summed E-state index contributed by atoms with van der Waals surface area (Å²) in [6.45, 7) is 1.10. The second kappa shape index (κ2) is 5.68. The van der Waals surface area contributed by atoms with E-state index < -0.39 is 5.97 Å². The number of piperidine rings is 1. The number of aromatic amines is 1. The van der Waals surface area contributed by atoms with Crippen LogP contribution in [0.3, 0.4) is 0 Å². The van der Waals surface area contributed by atoms with E-state index in [0.29, 0.717) is 29.9 Å². The molecule has 1 saturated heterocycles. The number of aromatic nitrogens is 2. The Labute approximate surface area is 143 Å². The number of amides is 1. The molecule has 1 atom stereocenters. The molecule has 1 aliphatic heterocycles. The maximum absolute atomic E-state index is 13.1. The lowest BCUT2D eigenvalue weighted by atomic mass is 9.90. The van der Waals surface area contributed by atoms with Gasteiger partial charge in [-0.1, -0.05) is 0 Å². The van der Waals surface area contributed by atoms with Gasteiger partial charge in [0.1, 0.15) is 5.82 Å². The first-order valence-electron chi connectivity index (χ1n) is 8.32. The van der Waals surface area contributed by atoms with Gasteiger partial charge in [0.05, 0.1) is 23.4 Å². The average molecular weight is 343 g/mol. The lowest BCUT2D eigenvalue weighted by Crippen LogP contribution is -2.40. The van der Waals surface area contributed by atoms with Crippen LogP contribution in [-0.4, -0.2) is 45.2 Å². The number of carboxylic acids is 1. The number of aliphatic carboxylic acids is 1. The van der Waals surface area contributed by atoms with Crippen LogP contribution in [0.1, 0.15) is 29.6 Å². The van der Waals surface area contributed by atoms with Gasteiger partial charge in [0, 0.05) is 18.7 Å². The Kier molecular flexibility index (Phi) is 3.59. The molecule has 1 spiro atoms. The van der Waals surface area contributed by atoms with E-state index in [4.69, 9.17) is 5.11 Å². The van der Waals surface area contributed by atoms with E-state index >= 15 is 0 Å². The quantitative estimate of drug-likeness (QED) is 0.897. The Morgan fingerprint density at radius 2 is 1.92 bits per heavy atom. The van der Waals surface area contributed by atoms with Crippen LogP contribution in [-0.2, 0) is 4.79 Å². The van der Waals surface area contributed by atoms with Crippen LogP contribution in [0.2, 0.25) is 0 Å². The lowest BCUT2D eigenvalue weighted by Gasteiger charge is -2.32.